The highest BCUT2D eigenvalue weighted by molar-refractivity contribution is 5.67. The predicted molar refractivity (Wildman–Crippen MR) is 103 cm³/mol. The Bertz CT molecular complexity index is 862. The van der Waals surface area contributed by atoms with Crippen molar-refractivity contribution in [2.24, 2.45) is 22.7 Å². The van der Waals surface area contributed by atoms with Gasteiger partial charge in [0.15, 0.2) is 11.4 Å². The molecule has 6 aliphatic rings. The monoisotopic (exact) mass is 426 g/mol. The van der Waals surface area contributed by atoms with Gasteiger partial charge in [0.25, 0.3) is 0 Å². The Balaban J connectivity index is 1.91. The van der Waals surface area contributed by atoms with Crippen LogP contribution in [0.1, 0.15) is 67.2 Å². The van der Waals surface area contributed by atoms with E-state index in [2.05, 4.69) is 0 Å². The maximum absolute atomic E-state index is 12.6. The van der Waals surface area contributed by atoms with Crippen LogP contribution in [0.25, 0.3) is 0 Å². The average molecular weight is 427 g/mol. The van der Waals surface area contributed by atoms with E-state index in [1.807, 2.05) is 6.92 Å². The molecule has 0 aromatic heterocycles. The highest BCUT2D eigenvalue weighted by Crippen LogP contribution is 2.90. The minimum atomic E-state index is -2.25. The van der Waals surface area contributed by atoms with Crippen molar-refractivity contribution < 1.29 is 39.8 Å². The molecule has 170 valence electrons. The zero-order chi connectivity index (χ0) is 22.6. The minimum Gasteiger partial charge on any atom is -0.459 e. The van der Waals surface area contributed by atoms with Crippen LogP contribution in [0.15, 0.2) is 0 Å². The van der Waals surface area contributed by atoms with E-state index in [0.717, 1.165) is 0 Å². The number of rotatable bonds is 2. The number of hydrogen-bond donors (Lipinski definition) is 5. The summed E-state index contributed by atoms with van der Waals surface area (Å²) < 4.78 is 12.0. The van der Waals surface area contributed by atoms with E-state index in [1.54, 1.807) is 20.8 Å². The number of hydrogen-bond acceptors (Lipinski definition) is 8. The predicted octanol–water partition coefficient (Wildman–Crippen LogP) is 0.220. The first-order valence-corrected chi connectivity index (χ1v) is 11.0. The summed E-state index contributed by atoms with van der Waals surface area (Å²) in [5.74, 6) is -3.37. The smallest absolute Gasteiger partial charge is 0.303 e. The van der Waals surface area contributed by atoms with Crippen molar-refractivity contribution in [2.45, 2.75) is 107 Å². The lowest BCUT2D eigenvalue weighted by Crippen LogP contribution is -2.75. The lowest BCUT2D eigenvalue weighted by Gasteiger charge is -2.61. The molecule has 6 fully saturated rings. The Hall–Kier alpha value is -0.770. The first-order chi connectivity index (χ1) is 13.5. The van der Waals surface area contributed by atoms with Gasteiger partial charge in [-0.3, -0.25) is 4.79 Å². The Labute approximate surface area is 176 Å². The van der Waals surface area contributed by atoms with E-state index in [1.165, 1.54) is 13.8 Å². The molecule has 2 aliphatic heterocycles. The van der Waals surface area contributed by atoms with Crippen LogP contribution in [-0.2, 0) is 14.3 Å². The van der Waals surface area contributed by atoms with Crippen molar-refractivity contribution in [1.29, 1.82) is 0 Å². The van der Waals surface area contributed by atoms with Crippen LogP contribution in [0.3, 0.4) is 0 Å². The molecule has 6 bridgehead atoms. The molecule has 4 aliphatic carbocycles. The SMILES string of the molecule is CC(=O)O[C@@H]1[C@@H](C)CC[C@]2(O)[C@]3(C)C[C@]4(O)O[C@]12[C@]1(O)[C@@]3(O)C[C@](O)(C(C)C)[C@]14C. The van der Waals surface area contributed by atoms with Crippen molar-refractivity contribution >= 4 is 5.97 Å². The fraction of sp³-hybridized carbons (Fsp3) is 0.955. The Kier molecular flexibility index (Phi) is 3.46. The van der Waals surface area contributed by atoms with Gasteiger partial charge in [0.05, 0.1) is 11.0 Å². The molecule has 0 aromatic rings. The van der Waals surface area contributed by atoms with Crippen molar-refractivity contribution in [3.05, 3.63) is 0 Å². The second-order valence-corrected chi connectivity index (χ2v) is 11.5. The molecule has 0 amide bonds. The first-order valence-electron chi connectivity index (χ1n) is 11.0. The fourth-order valence-corrected chi connectivity index (χ4v) is 8.99. The lowest BCUT2D eigenvalue weighted by atomic mass is 9.52. The van der Waals surface area contributed by atoms with Crippen LogP contribution in [0.5, 0.6) is 0 Å². The minimum absolute atomic E-state index is 0.149. The van der Waals surface area contributed by atoms with Crippen LogP contribution in [-0.4, -0.2) is 71.4 Å². The van der Waals surface area contributed by atoms with Gasteiger partial charge in [-0.1, -0.05) is 27.7 Å². The van der Waals surface area contributed by atoms with Gasteiger partial charge in [0.1, 0.15) is 22.9 Å². The van der Waals surface area contributed by atoms with E-state index in [4.69, 9.17) is 9.47 Å². The molecule has 1 spiro atoms. The molecule has 0 unspecified atom stereocenters. The van der Waals surface area contributed by atoms with Gasteiger partial charge < -0.3 is 35.0 Å². The summed E-state index contributed by atoms with van der Waals surface area (Å²) >= 11 is 0. The van der Waals surface area contributed by atoms with E-state index in [0.29, 0.717) is 6.42 Å². The van der Waals surface area contributed by atoms with Crippen molar-refractivity contribution in [1.82, 2.24) is 0 Å². The molecule has 10 atom stereocenters. The molecule has 8 nitrogen and oxygen atoms in total. The van der Waals surface area contributed by atoms with Crippen LogP contribution in [0, 0.1) is 22.7 Å². The van der Waals surface area contributed by atoms with Crippen LogP contribution in [0.4, 0.5) is 0 Å². The average Bonchev–Trinajstić information content (AvgIpc) is 2.87. The maximum Gasteiger partial charge on any atom is 0.303 e. The fourth-order valence-electron chi connectivity index (χ4n) is 8.99. The number of carbonyl (C=O) groups excluding carboxylic acids is 1. The van der Waals surface area contributed by atoms with Crippen LogP contribution in [0.2, 0.25) is 0 Å². The Morgan fingerprint density at radius 1 is 1.07 bits per heavy atom. The summed E-state index contributed by atoms with van der Waals surface area (Å²) in [7, 11) is 0. The maximum atomic E-state index is 12.6. The zero-order valence-corrected chi connectivity index (χ0v) is 18.5. The van der Waals surface area contributed by atoms with Crippen molar-refractivity contribution in [3.63, 3.8) is 0 Å². The Morgan fingerprint density at radius 2 is 1.67 bits per heavy atom. The zero-order valence-electron chi connectivity index (χ0n) is 18.5. The molecule has 2 heterocycles. The van der Waals surface area contributed by atoms with Gasteiger partial charge in [0, 0.05) is 25.2 Å². The molecule has 2 saturated heterocycles. The van der Waals surface area contributed by atoms with E-state index in [-0.39, 0.29) is 25.2 Å². The molecule has 30 heavy (non-hydrogen) atoms. The third-order valence-electron chi connectivity index (χ3n) is 10.5. The highest BCUT2D eigenvalue weighted by atomic mass is 16.7. The Morgan fingerprint density at radius 3 is 2.20 bits per heavy atom. The van der Waals surface area contributed by atoms with E-state index >= 15 is 0 Å². The van der Waals surface area contributed by atoms with Gasteiger partial charge >= 0.3 is 5.97 Å². The quantitative estimate of drug-likeness (QED) is 0.396. The summed E-state index contributed by atoms with van der Waals surface area (Å²) in [5.41, 5.74) is -12.8. The van der Waals surface area contributed by atoms with Gasteiger partial charge in [-0.25, -0.2) is 0 Å². The molecule has 0 aromatic carbocycles. The normalized spacial score (nSPS) is 65.3. The second-order valence-electron chi connectivity index (χ2n) is 11.5. The molecule has 8 heteroatoms. The molecule has 5 N–H and O–H groups in total. The summed E-state index contributed by atoms with van der Waals surface area (Å²) in [5, 5.41) is 60.8. The number of aliphatic hydroxyl groups is 5. The topological polar surface area (TPSA) is 137 Å². The van der Waals surface area contributed by atoms with Gasteiger partial charge in [-0.15, -0.1) is 0 Å². The standard InChI is InChI=1S/C22H34O8/c1-11(2)17(24)10-19(26)15(5)9-20(27)16(17,6)22(19,28)21(30-20)14(29-13(4)23)12(3)7-8-18(15,21)25/h11-12,14,24-28H,7-10H2,1-6H3/t12-,14+,15-,16-,17-,18-,19+,20-,21+,22+/m0/s1. The summed E-state index contributed by atoms with van der Waals surface area (Å²) in [6.07, 6.45) is -0.776. The lowest BCUT2D eigenvalue weighted by molar-refractivity contribution is -0.390. The van der Waals surface area contributed by atoms with Crippen molar-refractivity contribution in [2.75, 3.05) is 0 Å². The van der Waals surface area contributed by atoms with E-state index in [9.17, 15) is 30.3 Å². The molecular formula is C22H34O8. The third-order valence-corrected chi connectivity index (χ3v) is 10.5. The second kappa shape index (κ2) is 4.92. The molecule has 0 radical (unpaired) electrons. The van der Waals surface area contributed by atoms with E-state index < -0.39 is 62.6 Å². The molecule has 4 saturated carbocycles. The van der Waals surface area contributed by atoms with Crippen LogP contribution >= 0.6 is 0 Å². The third kappa shape index (κ3) is 1.41. The summed E-state index contributed by atoms with van der Waals surface area (Å²) in [6, 6.07) is 0. The number of esters is 1. The first kappa shape index (κ1) is 21.1. The van der Waals surface area contributed by atoms with Crippen LogP contribution < -0.4 is 0 Å². The van der Waals surface area contributed by atoms with Gasteiger partial charge in [0.2, 0.25) is 0 Å². The van der Waals surface area contributed by atoms with Gasteiger partial charge in [-0.2, -0.15) is 0 Å². The van der Waals surface area contributed by atoms with Crippen molar-refractivity contribution in [3.8, 4) is 0 Å². The molecule has 6 rings (SSSR count). The van der Waals surface area contributed by atoms with Gasteiger partial charge in [-0.05, 0) is 31.6 Å². The highest BCUT2D eigenvalue weighted by Gasteiger charge is 3.07. The largest absolute Gasteiger partial charge is 0.459 e. The summed E-state index contributed by atoms with van der Waals surface area (Å²) in [4.78, 5) is 12.1. The number of carbonyl (C=O) groups is 1. The number of ether oxygens (including phenoxy) is 2. The molecular weight excluding hydrogens is 392 g/mol. The summed E-state index contributed by atoms with van der Waals surface area (Å²) in [6.45, 7) is 9.81.